The van der Waals surface area contributed by atoms with E-state index in [-0.39, 0.29) is 22.9 Å². The lowest BCUT2D eigenvalue weighted by Crippen LogP contribution is -1.99. The van der Waals surface area contributed by atoms with E-state index in [4.69, 9.17) is 5.11 Å². The number of aromatic nitrogens is 1. The van der Waals surface area contributed by atoms with Gasteiger partial charge in [0.15, 0.2) is 5.03 Å². The van der Waals surface area contributed by atoms with E-state index in [1.165, 1.54) is 6.07 Å². The van der Waals surface area contributed by atoms with Gasteiger partial charge in [0.25, 0.3) is 0 Å². The van der Waals surface area contributed by atoms with Gasteiger partial charge in [-0.3, -0.25) is 14.9 Å². The molecular formula is C9H10N2O4S. The van der Waals surface area contributed by atoms with Gasteiger partial charge in [0.1, 0.15) is 0 Å². The van der Waals surface area contributed by atoms with Gasteiger partial charge in [0.2, 0.25) is 0 Å². The predicted octanol–water partition coefficient (Wildman–Crippen LogP) is 1.87. The van der Waals surface area contributed by atoms with Crippen molar-refractivity contribution in [2.75, 3.05) is 5.75 Å². The molecule has 7 heteroatoms. The summed E-state index contributed by atoms with van der Waals surface area (Å²) in [5, 5.41) is 19.4. The van der Waals surface area contributed by atoms with Gasteiger partial charge in [0, 0.05) is 17.5 Å². The van der Waals surface area contributed by atoms with Crippen molar-refractivity contribution in [1.82, 2.24) is 4.98 Å². The fraction of sp³-hybridized carbons (Fsp3) is 0.333. The number of pyridine rings is 1. The number of carbonyl (C=O) groups is 1. The fourth-order valence-corrected chi connectivity index (χ4v) is 1.97. The van der Waals surface area contributed by atoms with Crippen molar-refractivity contribution in [2.24, 2.45) is 0 Å². The monoisotopic (exact) mass is 242 g/mol. The highest BCUT2D eigenvalue weighted by molar-refractivity contribution is 7.99. The zero-order valence-corrected chi connectivity index (χ0v) is 9.36. The average molecular weight is 242 g/mol. The second-order valence-corrected chi connectivity index (χ2v) is 4.11. The van der Waals surface area contributed by atoms with Crippen LogP contribution in [0.1, 0.15) is 12.1 Å². The van der Waals surface area contributed by atoms with Gasteiger partial charge < -0.3 is 5.11 Å². The standard InChI is InChI=1S/C9H10N2O4S/c1-6-2-3-7(11(14)15)9(10-6)16-5-4-8(12)13/h2-3H,4-5H2,1H3,(H,12,13). The largest absolute Gasteiger partial charge is 0.481 e. The van der Waals surface area contributed by atoms with Crippen molar-refractivity contribution in [3.63, 3.8) is 0 Å². The molecule has 0 saturated carbocycles. The summed E-state index contributed by atoms with van der Waals surface area (Å²) in [6.45, 7) is 1.73. The third-order valence-corrected chi connectivity index (χ3v) is 2.71. The third-order valence-electron chi connectivity index (χ3n) is 1.73. The second-order valence-electron chi connectivity index (χ2n) is 3.03. The third kappa shape index (κ3) is 3.50. The fourth-order valence-electron chi connectivity index (χ4n) is 1.01. The number of rotatable bonds is 5. The molecule has 1 N–H and O–H groups in total. The van der Waals surface area contributed by atoms with Crippen molar-refractivity contribution >= 4 is 23.4 Å². The molecule has 1 rings (SSSR count). The van der Waals surface area contributed by atoms with E-state index < -0.39 is 10.9 Å². The van der Waals surface area contributed by atoms with Crippen LogP contribution in [0.3, 0.4) is 0 Å². The lowest BCUT2D eigenvalue weighted by Gasteiger charge is -2.01. The van der Waals surface area contributed by atoms with E-state index >= 15 is 0 Å². The number of hydrogen-bond acceptors (Lipinski definition) is 5. The van der Waals surface area contributed by atoms with Crippen LogP contribution >= 0.6 is 11.8 Å². The SMILES string of the molecule is Cc1ccc([N+](=O)[O-])c(SCCC(=O)O)n1. The molecule has 0 fully saturated rings. The van der Waals surface area contributed by atoms with Crippen molar-refractivity contribution in [3.8, 4) is 0 Å². The number of thioether (sulfide) groups is 1. The first kappa shape index (κ1) is 12.4. The van der Waals surface area contributed by atoms with E-state index in [1.54, 1.807) is 13.0 Å². The van der Waals surface area contributed by atoms with Crippen LogP contribution < -0.4 is 0 Å². The number of aryl methyl sites for hydroxylation is 1. The number of carboxylic acid groups (broad SMARTS) is 1. The molecule has 0 aliphatic carbocycles. The Kier molecular flexibility index (Phi) is 4.24. The van der Waals surface area contributed by atoms with Crippen LogP contribution in [-0.2, 0) is 4.79 Å². The summed E-state index contributed by atoms with van der Waals surface area (Å²) in [7, 11) is 0. The Hall–Kier alpha value is -1.63. The van der Waals surface area contributed by atoms with Crippen molar-refractivity contribution in [2.45, 2.75) is 18.4 Å². The Balaban J connectivity index is 2.80. The summed E-state index contributed by atoms with van der Waals surface area (Å²) in [5.41, 5.74) is 0.587. The maximum absolute atomic E-state index is 10.7. The molecule has 0 aromatic carbocycles. The molecule has 1 aromatic heterocycles. The molecule has 0 spiro atoms. The predicted molar refractivity (Wildman–Crippen MR) is 58.6 cm³/mol. The Morgan fingerprint density at radius 3 is 2.88 bits per heavy atom. The summed E-state index contributed by atoms with van der Waals surface area (Å²) < 4.78 is 0. The van der Waals surface area contributed by atoms with Gasteiger partial charge in [-0.25, -0.2) is 4.98 Å². The van der Waals surface area contributed by atoms with E-state index in [0.29, 0.717) is 5.69 Å². The van der Waals surface area contributed by atoms with Crippen LogP contribution in [-0.4, -0.2) is 26.7 Å². The molecule has 0 saturated heterocycles. The quantitative estimate of drug-likeness (QED) is 0.481. The second kappa shape index (κ2) is 5.45. The minimum absolute atomic E-state index is 0.0442. The van der Waals surface area contributed by atoms with E-state index in [1.807, 2.05) is 0 Å². The van der Waals surface area contributed by atoms with Crippen molar-refractivity contribution in [1.29, 1.82) is 0 Å². The molecular weight excluding hydrogens is 232 g/mol. The summed E-state index contributed by atoms with van der Waals surface area (Å²) in [5.74, 6) is -0.657. The highest BCUT2D eigenvalue weighted by atomic mass is 32.2. The maximum atomic E-state index is 10.7. The Bertz CT molecular complexity index is 422. The first-order valence-electron chi connectivity index (χ1n) is 4.47. The molecule has 86 valence electrons. The number of carboxylic acids is 1. The molecule has 0 atom stereocenters. The summed E-state index contributed by atoms with van der Waals surface area (Å²) >= 11 is 1.08. The minimum atomic E-state index is -0.928. The normalized spacial score (nSPS) is 10.1. The van der Waals surface area contributed by atoms with Crippen LogP contribution in [0.5, 0.6) is 0 Å². The van der Waals surface area contributed by atoms with Crippen molar-refractivity contribution in [3.05, 3.63) is 27.9 Å². The summed E-state index contributed by atoms with van der Waals surface area (Å²) in [6, 6.07) is 2.94. The molecule has 1 heterocycles. The molecule has 0 amide bonds. The number of nitro groups is 1. The molecule has 0 bridgehead atoms. The molecule has 0 radical (unpaired) electrons. The van der Waals surface area contributed by atoms with Crippen LogP contribution in [0.25, 0.3) is 0 Å². The average Bonchev–Trinajstić information content (AvgIpc) is 2.16. The van der Waals surface area contributed by atoms with Crippen molar-refractivity contribution < 1.29 is 14.8 Å². The Morgan fingerprint density at radius 1 is 1.62 bits per heavy atom. The molecule has 0 aliphatic heterocycles. The summed E-state index contributed by atoms with van der Waals surface area (Å²) in [6.07, 6.45) is -0.0442. The van der Waals surface area contributed by atoms with E-state index in [9.17, 15) is 14.9 Å². The van der Waals surface area contributed by atoms with Gasteiger partial charge in [-0.15, -0.1) is 0 Å². The highest BCUT2D eigenvalue weighted by Crippen LogP contribution is 2.27. The van der Waals surface area contributed by atoms with Crippen LogP contribution in [0.4, 0.5) is 5.69 Å². The first-order valence-corrected chi connectivity index (χ1v) is 5.46. The molecule has 0 unspecified atom stereocenters. The lowest BCUT2D eigenvalue weighted by molar-refractivity contribution is -0.388. The summed E-state index contributed by atoms with van der Waals surface area (Å²) in [4.78, 5) is 24.5. The van der Waals surface area contributed by atoms with E-state index in [0.717, 1.165) is 11.8 Å². The van der Waals surface area contributed by atoms with Crippen LogP contribution in [0, 0.1) is 17.0 Å². The van der Waals surface area contributed by atoms with Crippen LogP contribution in [0.15, 0.2) is 17.2 Å². The van der Waals surface area contributed by atoms with Gasteiger partial charge in [0.05, 0.1) is 11.3 Å². The van der Waals surface area contributed by atoms with Gasteiger partial charge in [-0.1, -0.05) is 11.8 Å². The van der Waals surface area contributed by atoms with Gasteiger partial charge >= 0.3 is 11.7 Å². The molecule has 16 heavy (non-hydrogen) atoms. The molecule has 0 aliphatic rings. The number of nitrogens with zero attached hydrogens (tertiary/aromatic N) is 2. The zero-order chi connectivity index (χ0) is 12.1. The molecule has 1 aromatic rings. The topological polar surface area (TPSA) is 93.3 Å². The lowest BCUT2D eigenvalue weighted by atomic mass is 10.3. The van der Waals surface area contributed by atoms with Crippen LogP contribution in [0.2, 0.25) is 0 Å². The Morgan fingerprint density at radius 2 is 2.31 bits per heavy atom. The number of aliphatic carboxylic acids is 1. The smallest absolute Gasteiger partial charge is 0.304 e. The minimum Gasteiger partial charge on any atom is -0.481 e. The van der Waals surface area contributed by atoms with Gasteiger partial charge in [-0.05, 0) is 13.0 Å². The molecule has 6 nitrogen and oxygen atoms in total. The zero-order valence-electron chi connectivity index (χ0n) is 8.54. The highest BCUT2D eigenvalue weighted by Gasteiger charge is 2.15. The maximum Gasteiger partial charge on any atom is 0.304 e. The van der Waals surface area contributed by atoms with E-state index in [2.05, 4.69) is 4.98 Å². The van der Waals surface area contributed by atoms with Gasteiger partial charge in [-0.2, -0.15) is 0 Å². The number of hydrogen-bond donors (Lipinski definition) is 1. The first-order chi connectivity index (χ1) is 7.50. The Labute approximate surface area is 95.8 Å².